The molecule has 5 heteroatoms. The van der Waals surface area contributed by atoms with Gasteiger partial charge >= 0.3 is 0 Å². The van der Waals surface area contributed by atoms with Crippen LogP contribution < -0.4 is 5.73 Å². The Morgan fingerprint density at radius 2 is 1.79 bits per heavy atom. The molecule has 1 heterocycles. The van der Waals surface area contributed by atoms with Crippen molar-refractivity contribution in [1.82, 2.24) is 4.90 Å². The quantitative estimate of drug-likeness (QED) is 0.812. The van der Waals surface area contributed by atoms with Crippen LogP contribution >= 0.6 is 0 Å². The van der Waals surface area contributed by atoms with Crippen molar-refractivity contribution in [2.24, 2.45) is 5.73 Å². The molecule has 0 radical (unpaired) electrons. The Bertz CT molecular complexity index is 519. The Balaban J connectivity index is 2.10. The van der Waals surface area contributed by atoms with Gasteiger partial charge in [-0.05, 0) is 5.56 Å². The number of carbonyl (C=O) groups excluding carboxylic acids is 2. The molecule has 1 fully saturated rings. The van der Waals surface area contributed by atoms with E-state index in [4.69, 9.17) is 5.73 Å². The lowest BCUT2D eigenvalue weighted by Crippen LogP contribution is -2.40. The van der Waals surface area contributed by atoms with Gasteiger partial charge < -0.3 is 5.73 Å². The molecule has 0 aliphatic carbocycles. The van der Waals surface area contributed by atoms with Crippen LogP contribution in [0.15, 0.2) is 30.3 Å². The number of benzene rings is 1. The molecule has 1 aromatic carbocycles. The maximum Gasteiger partial charge on any atom is 0.229 e. The molecule has 1 aliphatic heterocycles. The first kappa shape index (κ1) is 13.2. The van der Waals surface area contributed by atoms with Crippen LogP contribution in [0, 0.1) is 11.3 Å². The van der Waals surface area contributed by atoms with E-state index in [9.17, 15) is 14.9 Å². The van der Waals surface area contributed by atoms with E-state index in [1.807, 2.05) is 6.07 Å². The van der Waals surface area contributed by atoms with Gasteiger partial charge in [-0.25, -0.2) is 0 Å². The zero-order chi connectivity index (χ0) is 13.9. The van der Waals surface area contributed by atoms with Crippen molar-refractivity contribution in [2.45, 2.75) is 24.8 Å². The number of amides is 2. The van der Waals surface area contributed by atoms with Gasteiger partial charge in [0.2, 0.25) is 11.8 Å². The molecular formula is C14H15N3O2. The van der Waals surface area contributed by atoms with Crippen molar-refractivity contribution >= 4 is 11.8 Å². The van der Waals surface area contributed by atoms with Crippen molar-refractivity contribution in [3.63, 3.8) is 0 Å². The van der Waals surface area contributed by atoms with Crippen LogP contribution in [0.25, 0.3) is 0 Å². The fourth-order valence-corrected chi connectivity index (χ4v) is 2.16. The summed E-state index contributed by atoms with van der Waals surface area (Å²) in [6.07, 6.45) is 0.758. The molecule has 2 amide bonds. The maximum atomic E-state index is 11.5. The van der Waals surface area contributed by atoms with Gasteiger partial charge in [0.1, 0.15) is 5.54 Å². The lowest BCUT2D eigenvalue weighted by atomic mass is 9.89. The molecule has 98 valence electrons. The largest absolute Gasteiger partial charge is 0.310 e. The van der Waals surface area contributed by atoms with Crippen LogP contribution in [0.4, 0.5) is 0 Å². The van der Waals surface area contributed by atoms with Crippen molar-refractivity contribution < 1.29 is 9.59 Å². The van der Waals surface area contributed by atoms with Crippen molar-refractivity contribution in [1.29, 1.82) is 5.26 Å². The highest BCUT2D eigenvalue weighted by Gasteiger charge is 2.33. The van der Waals surface area contributed by atoms with Gasteiger partial charge in [-0.1, -0.05) is 30.3 Å². The van der Waals surface area contributed by atoms with E-state index in [0.29, 0.717) is 5.56 Å². The van der Waals surface area contributed by atoms with Gasteiger partial charge in [0, 0.05) is 25.8 Å². The first-order valence-electron chi connectivity index (χ1n) is 6.16. The van der Waals surface area contributed by atoms with Crippen LogP contribution in [0.2, 0.25) is 0 Å². The molecule has 1 atom stereocenters. The van der Waals surface area contributed by atoms with Gasteiger partial charge in [0.05, 0.1) is 6.07 Å². The molecule has 5 nitrogen and oxygen atoms in total. The molecule has 1 saturated heterocycles. The summed E-state index contributed by atoms with van der Waals surface area (Å²) in [5.41, 5.74) is 5.59. The topological polar surface area (TPSA) is 87.2 Å². The minimum Gasteiger partial charge on any atom is -0.310 e. The van der Waals surface area contributed by atoms with E-state index >= 15 is 0 Å². The smallest absolute Gasteiger partial charge is 0.229 e. The zero-order valence-corrected chi connectivity index (χ0v) is 10.5. The van der Waals surface area contributed by atoms with E-state index < -0.39 is 5.54 Å². The molecule has 0 saturated carbocycles. The zero-order valence-electron chi connectivity index (χ0n) is 10.5. The number of hydrogen-bond acceptors (Lipinski definition) is 4. The average Bonchev–Trinajstić information content (AvgIpc) is 2.76. The SMILES string of the molecule is N#CC(N)(CCN1C(=O)CCC1=O)c1ccccc1. The Morgan fingerprint density at radius 1 is 1.21 bits per heavy atom. The third-order valence-corrected chi connectivity index (χ3v) is 3.37. The first-order valence-corrected chi connectivity index (χ1v) is 6.16. The van der Waals surface area contributed by atoms with Crippen LogP contribution in [-0.4, -0.2) is 23.3 Å². The average molecular weight is 257 g/mol. The number of hydrogen-bond donors (Lipinski definition) is 1. The second kappa shape index (κ2) is 5.21. The molecule has 0 bridgehead atoms. The predicted molar refractivity (Wildman–Crippen MR) is 68.5 cm³/mol. The number of carbonyl (C=O) groups is 2. The van der Waals surface area contributed by atoms with Crippen LogP contribution in [0.1, 0.15) is 24.8 Å². The summed E-state index contributed by atoms with van der Waals surface area (Å²) >= 11 is 0. The summed E-state index contributed by atoms with van der Waals surface area (Å²) in [4.78, 5) is 24.2. The highest BCUT2D eigenvalue weighted by atomic mass is 16.2. The minimum atomic E-state index is -1.18. The van der Waals surface area contributed by atoms with Gasteiger partial charge in [-0.15, -0.1) is 0 Å². The van der Waals surface area contributed by atoms with Crippen LogP contribution in [-0.2, 0) is 15.1 Å². The normalized spacial score (nSPS) is 18.2. The number of likely N-dealkylation sites (tertiary alicyclic amines) is 1. The van der Waals surface area contributed by atoms with E-state index in [1.165, 1.54) is 4.90 Å². The van der Waals surface area contributed by atoms with Crippen molar-refractivity contribution in [3.8, 4) is 6.07 Å². The Hall–Kier alpha value is -2.19. The summed E-state index contributed by atoms with van der Waals surface area (Å²) in [5.74, 6) is -0.364. The fourth-order valence-electron chi connectivity index (χ4n) is 2.16. The summed E-state index contributed by atoms with van der Waals surface area (Å²) in [5, 5.41) is 9.28. The predicted octanol–water partition coefficient (Wildman–Crippen LogP) is 0.903. The number of nitriles is 1. The summed E-state index contributed by atoms with van der Waals surface area (Å²) in [6.45, 7) is 0.191. The Labute approximate surface area is 111 Å². The second-order valence-electron chi connectivity index (χ2n) is 4.64. The Kier molecular flexibility index (Phi) is 3.63. The van der Waals surface area contributed by atoms with Crippen molar-refractivity contribution in [3.05, 3.63) is 35.9 Å². The molecule has 1 aromatic rings. The maximum absolute atomic E-state index is 11.5. The van der Waals surface area contributed by atoms with E-state index in [0.717, 1.165) is 0 Å². The summed E-state index contributed by atoms with van der Waals surface area (Å²) < 4.78 is 0. The first-order chi connectivity index (χ1) is 9.07. The van der Waals surface area contributed by atoms with Gasteiger partial charge in [0.15, 0.2) is 0 Å². The van der Waals surface area contributed by atoms with Crippen LogP contribution in [0.5, 0.6) is 0 Å². The fraction of sp³-hybridized carbons (Fsp3) is 0.357. The standard InChI is InChI=1S/C14H15N3O2/c15-10-14(16,11-4-2-1-3-5-11)8-9-17-12(18)6-7-13(17)19/h1-5H,6-9,16H2. The molecular weight excluding hydrogens is 242 g/mol. The van der Waals surface area contributed by atoms with E-state index in [2.05, 4.69) is 6.07 Å². The summed E-state index contributed by atoms with van der Waals surface area (Å²) in [6, 6.07) is 11.1. The number of nitrogens with zero attached hydrogens (tertiary/aromatic N) is 2. The van der Waals surface area contributed by atoms with E-state index in [-0.39, 0.29) is 37.6 Å². The van der Waals surface area contributed by atoms with Gasteiger partial charge in [-0.3, -0.25) is 14.5 Å². The second-order valence-corrected chi connectivity index (χ2v) is 4.64. The highest BCUT2D eigenvalue weighted by Crippen LogP contribution is 2.23. The van der Waals surface area contributed by atoms with Crippen molar-refractivity contribution in [2.75, 3.05) is 6.54 Å². The monoisotopic (exact) mass is 257 g/mol. The molecule has 19 heavy (non-hydrogen) atoms. The van der Waals surface area contributed by atoms with Gasteiger partial charge in [0.25, 0.3) is 0 Å². The number of rotatable bonds is 4. The third kappa shape index (κ3) is 2.64. The van der Waals surface area contributed by atoms with Crippen LogP contribution in [0.3, 0.4) is 0 Å². The highest BCUT2D eigenvalue weighted by molar-refractivity contribution is 6.01. The summed E-state index contributed by atoms with van der Waals surface area (Å²) in [7, 11) is 0. The Morgan fingerprint density at radius 3 is 2.32 bits per heavy atom. The number of imide groups is 1. The molecule has 1 aliphatic rings. The molecule has 0 aromatic heterocycles. The number of nitrogens with two attached hydrogens (primary N) is 1. The minimum absolute atomic E-state index is 0.182. The molecule has 2 N–H and O–H groups in total. The lowest BCUT2D eigenvalue weighted by molar-refractivity contribution is -0.138. The lowest BCUT2D eigenvalue weighted by Gasteiger charge is -2.24. The molecule has 2 rings (SSSR count). The molecule has 0 spiro atoms. The van der Waals surface area contributed by atoms with E-state index in [1.54, 1.807) is 24.3 Å². The third-order valence-electron chi connectivity index (χ3n) is 3.37. The van der Waals surface area contributed by atoms with Gasteiger partial charge in [-0.2, -0.15) is 5.26 Å². The molecule has 1 unspecified atom stereocenters.